The number of aromatic nitrogens is 4. The summed E-state index contributed by atoms with van der Waals surface area (Å²) in [5, 5.41) is 6.83. The van der Waals surface area contributed by atoms with Crippen molar-refractivity contribution in [3.05, 3.63) is 65.4 Å². The van der Waals surface area contributed by atoms with Crippen molar-refractivity contribution in [2.75, 3.05) is 5.32 Å². The van der Waals surface area contributed by atoms with Crippen LogP contribution in [0.2, 0.25) is 0 Å². The van der Waals surface area contributed by atoms with E-state index in [2.05, 4.69) is 20.4 Å². The number of fused-ring (bicyclic) bond motifs is 1. The molecule has 0 aliphatic rings. The SMILES string of the molecule is Cc1nc2cc(NC(=O)c3cnn(-c4ccc(C(F)(F)F)cn4)c3C)ccc2o1. The largest absolute Gasteiger partial charge is 0.441 e. The van der Waals surface area contributed by atoms with Gasteiger partial charge in [0.1, 0.15) is 5.52 Å². The van der Waals surface area contributed by atoms with E-state index in [0.717, 1.165) is 12.3 Å². The number of oxazole rings is 1. The van der Waals surface area contributed by atoms with Crippen molar-refractivity contribution in [2.45, 2.75) is 20.0 Å². The summed E-state index contributed by atoms with van der Waals surface area (Å²) in [4.78, 5) is 20.6. The molecule has 0 spiro atoms. The Labute approximate surface area is 162 Å². The zero-order valence-electron chi connectivity index (χ0n) is 15.3. The maximum Gasteiger partial charge on any atom is 0.417 e. The van der Waals surface area contributed by atoms with Gasteiger partial charge in [0.05, 0.1) is 23.0 Å². The molecule has 0 saturated carbocycles. The van der Waals surface area contributed by atoms with Gasteiger partial charge in [0.2, 0.25) is 0 Å². The number of amides is 1. The van der Waals surface area contributed by atoms with Gasteiger partial charge in [-0.1, -0.05) is 0 Å². The summed E-state index contributed by atoms with van der Waals surface area (Å²) in [5.74, 6) is 0.277. The molecule has 0 radical (unpaired) electrons. The minimum atomic E-state index is -4.47. The molecule has 0 bridgehead atoms. The van der Waals surface area contributed by atoms with E-state index in [1.807, 2.05) is 0 Å². The lowest BCUT2D eigenvalue weighted by atomic mass is 10.2. The van der Waals surface area contributed by atoms with Crippen LogP contribution < -0.4 is 5.32 Å². The lowest BCUT2D eigenvalue weighted by Gasteiger charge is -2.08. The van der Waals surface area contributed by atoms with Crippen LogP contribution in [0.4, 0.5) is 18.9 Å². The van der Waals surface area contributed by atoms with Gasteiger partial charge in [-0.3, -0.25) is 4.79 Å². The maximum absolute atomic E-state index is 12.7. The van der Waals surface area contributed by atoms with Crippen molar-refractivity contribution < 1.29 is 22.4 Å². The van der Waals surface area contributed by atoms with Crippen LogP contribution in [0, 0.1) is 13.8 Å². The molecule has 0 atom stereocenters. The summed E-state index contributed by atoms with van der Waals surface area (Å²) < 4.78 is 44.8. The molecule has 4 rings (SSSR count). The van der Waals surface area contributed by atoms with Crippen molar-refractivity contribution >= 4 is 22.7 Å². The molecular formula is C19H14F3N5O2. The third-order valence-corrected chi connectivity index (χ3v) is 4.30. The number of aryl methyl sites for hydroxylation is 1. The number of hydrogen-bond donors (Lipinski definition) is 1. The molecule has 29 heavy (non-hydrogen) atoms. The van der Waals surface area contributed by atoms with Gasteiger partial charge in [0.25, 0.3) is 5.91 Å². The molecular weight excluding hydrogens is 387 g/mol. The topological polar surface area (TPSA) is 85.8 Å². The average Bonchev–Trinajstić information content (AvgIpc) is 3.22. The third kappa shape index (κ3) is 3.56. The Hall–Kier alpha value is -3.69. The maximum atomic E-state index is 12.7. The minimum absolute atomic E-state index is 0.175. The number of benzene rings is 1. The summed E-state index contributed by atoms with van der Waals surface area (Å²) >= 11 is 0. The highest BCUT2D eigenvalue weighted by atomic mass is 19.4. The predicted octanol–water partition coefficient (Wildman–Crippen LogP) is 4.30. The molecule has 3 aromatic heterocycles. The van der Waals surface area contributed by atoms with Gasteiger partial charge in [0, 0.05) is 18.8 Å². The predicted molar refractivity (Wildman–Crippen MR) is 97.8 cm³/mol. The number of nitrogens with zero attached hydrogens (tertiary/aromatic N) is 4. The highest BCUT2D eigenvalue weighted by Gasteiger charge is 2.30. The molecule has 1 N–H and O–H groups in total. The molecule has 10 heteroatoms. The quantitative estimate of drug-likeness (QED) is 0.553. The fraction of sp³-hybridized carbons (Fsp3) is 0.158. The van der Waals surface area contributed by atoms with Crippen LogP contribution in [0.25, 0.3) is 16.9 Å². The number of rotatable bonds is 3. The molecule has 1 aromatic carbocycles. The van der Waals surface area contributed by atoms with E-state index in [9.17, 15) is 18.0 Å². The second-order valence-electron chi connectivity index (χ2n) is 6.33. The lowest BCUT2D eigenvalue weighted by molar-refractivity contribution is -0.137. The van der Waals surface area contributed by atoms with Crippen LogP contribution in [0.5, 0.6) is 0 Å². The number of alkyl halides is 3. The molecule has 0 saturated heterocycles. The fourth-order valence-corrected chi connectivity index (χ4v) is 2.86. The zero-order chi connectivity index (χ0) is 20.8. The Morgan fingerprint density at radius 3 is 2.62 bits per heavy atom. The average molecular weight is 401 g/mol. The van der Waals surface area contributed by atoms with Gasteiger partial charge in [-0.2, -0.15) is 18.3 Å². The van der Waals surface area contributed by atoms with Crippen LogP contribution in [-0.4, -0.2) is 25.7 Å². The van der Waals surface area contributed by atoms with E-state index < -0.39 is 17.6 Å². The van der Waals surface area contributed by atoms with E-state index in [4.69, 9.17) is 4.42 Å². The summed E-state index contributed by atoms with van der Waals surface area (Å²) in [6.45, 7) is 3.36. The van der Waals surface area contributed by atoms with Crippen molar-refractivity contribution in [3.63, 3.8) is 0 Å². The number of nitrogens with one attached hydrogen (secondary N) is 1. The van der Waals surface area contributed by atoms with Crippen molar-refractivity contribution in [1.29, 1.82) is 0 Å². The highest BCUT2D eigenvalue weighted by Crippen LogP contribution is 2.29. The van der Waals surface area contributed by atoms with Crippen LogP contribution in [0.3, 0.4) is 0 Å². The number of carbonyl (C=O) groups is 1. The Bertz CT molecular complexity index is 1210. The molecule has 0 aliphatic heterocycles. The Kier molecular flexibility index (Phi) is 4.33. The molecule has 148 valence electrons. The Balaban J connectivity index is 1.57. The summed E-state index contributed by atoms with van der Waals surface area (Å²) in [6, 6.07) is 7.18. The van der Waals surface area contributed by atoms with Crippen LogP contribution in [-0.2, 0) is 6.18 Å². The van der Waals surface area contributed by atoms with Crippen LogP contribution in [0.15, 0.2) is 47.1 Å². The van der Waals surface area contributed by atoms with Gasteiger partial charge in [0.15, 0.2) is 17.3 Å². The summed E-state index contributed by atoms with van der Waals surface area (Å²) in [5.41, 5.74) is 1.59. The number of carbonyl (C=O) groups excluding carboxylic acids is 1. The Morgan fingerprint density at radius 2 is 1.93 bits per heavy atom. The molecule has 0 aliphatic carbocycles. The van der Waals surface area contributed by atoms with Gasteiger partial charge in [-0.05, 0) is 37.3 Å². The number of hydrogen-bond acceptors (Lipinski definition) is 5. The third-order valence-electron chi connectivity index (χ3n) is 4.30. The lowest BCUT2D eigenvalue weighted by Crippen LogP contribution is -2.13. The Morgan fingerprint density at radius 1 is 1.14 bits per heavy atom. The monoisotopic (exact) mass is 401 g/mol. The minimum Gasteiger partial charge on any atom is -0.441 e. The van der Waals surface area contributed by atoms with E-state index in [0.29, 0.717) is 28.4 Å². The van der Waals surface area contributed by atoms with Gasteiger partial charge in [-0.15, -0.1) is 0 Å². The first kappa shape index (κ1) is 18.7. The van der Waals surface area contributed by atoms with Crippen LogP contribution >= 0.6 is 0 Å². The normalized spacial score (nSPS) is 11.8. The standard InChI is InChI=1S/C19H14F3N5O2/c1-10-14(9-24-27(10)17-6-3-12(8-23-17)19(20,21)22)18(28)26-13-4-5-16-15(7-13)25-11(2)29-16/h3-9H,1-2H3,(H,26,28). The van der Waals surface area contributed by atoms with Gasteiger partial charge >= 0.3 is 6.18 Å². The number of anilines is 1. The molecule has 7 nitrogen and oxygen atoms in total. The van der Waals surface area contributed by atoms with Crippen molar-refractivity contribution in [2.24, 2.45) is 0 Å². The van der Waals surface area contributed by atoms with Gasteiger partial charge < -0.3 is 9.73 Å². The number of halogens is 3. The molecule has 1 amide bonds. The highest BCUT2D eigenvalue weighted by molar-refractivity contribution is 6.05. The van der Waals surface area contributed by atoms with Crippen molar-refractivity contribution in [3.8, 4) is 5.82 Å². The van der Waals surface area contributed by atoms with E-state index in [1.54, 1.807) is 32.0 Å². The molecule has 0 fully saturated rings. The summed E-state index contributed by atoms with van der Waals surface area (Å²) in [7, 11) is 0. The first-order valence-corrected chi connectivity index (χ1v) is 8.49. The van der Waals surface area contributed by atoms with E-state index >= 15 is 0 Å². The van der Waals surface area contributed by atoms with E-state index in [1.165, 1.54) is 16.9 Å². The first-order valence-electron chi connectivity index (χ1n) is 8.49. The summed E-state index contributed by atoms with van der Waals surface area (Å²) in [6.07, 6.45) is -2.41. The molecule has 0 unspecified atom stereocenters. The smallest absolute Gasteiger partial charge is 0.417 e. The first-order chi connectivity index (χ1) is 13.7. The second kappa shape index (κ2) is 6.73. The second-order valence-corrected chi connectivity index (χ2v) is 6.33. The van der Waals surface area contributed by atoms with Gasteiger partial charge in [-0.25, -0.2) is 14.6 Å². The molecule has 3 heterocycles. The van der Waals surface area contributed by atoms with E-state index in [-0.39, 0.29) is 11.4 Å². The molecule has 4 aromatic rings. The van der Waals surface area contributed by atoms with Crippen molar-refractivity contribution in [1.82, 2.24) is 19.7 Å². The zero-order valence-corrected chi connectivity index (χ0v) is 15.3. The fourth-order valence-electron chi connectivity index (χ4n) is 2.86. The number of pyridine rings is 1. The van der Waals surface area contributed by atoms with Crippen LogP contribution in [0.1, 0.15) is 27.5 Å².